The van der Waals surface area contributed by atoms with E-state index in [1.165, 1.54) is 16.5 Å². The van der Waals surface area contributed by atoms with E-state index in [1.54, 1.807) is 12.0 Å². The average Bonchev–Trinajstić information content (AvgIpc) is 3.55. The molecule has 1 aliphatic rings. The van der Waals surface area contributed by atoms with Crippen molar-refractivity contribution in [3.05, 3.63) is 71.4 Å². The molecule has 0 bridgehead atoms. The van der Waals surface area contributed by atoms with Gasteiger partial charge in [-0.25, -0.2) is 0 Å². The minimum Gasteiger partial charge on any atom is -0.383 e. The molecule has 4 rings (SSSR count). The number of carbonyl (C=O) groups excluding carboxylic acids is 2. The summed E-state index contributed by atoms with van der Waals surface area (Å²) >= 11 is 0. The first-order valence-corrected chi connectivity index (χ1v) is 12.7. The van der Waals surface area contributed by atoms with Crippen LogP contribution in [0.2, 0.25) is 0 Å². The summed E-state index contributed by atoms with van der Waals surface area (Å²) in [6, 6.07) is 16.5. The molecule has 6 nitrogen and oxygen atoms in total. The van der Waals surface area contributed by atoms with E-state index in [-0.39, 0.29) is 24.3 Å². The molecule has 0 unspecified atom stereocenters. The number of benzene rings is 2. The maximum Gasteiger partial charge on any atom is 0.242 e. The number of H-pyrrole nitrogens is 1. The molecule has 2 aromatic carbocycles. The van der Waals surface area contributed by atoms with Crippen LogP contribution in [0.5, 0.6) is 0 Å². The zero-order valence-corrected chi connectivity index (χ0v) is 21.0. The Labute approximate surface area is 208 Å². The molecule has 3 aromatic rings. The number of para-hydroxylation sites is 1. The number of hydrogen-bond donors (Lipinski definition) is 1. The number of carbonyl (C=O) groups is 2. The lowest BCUT2D eigenvalue weighted by Crippen LogP contribution is -2.46. The molecular weight excluding hydrogens is 438 g/mol. The summed E-state index contributed by atoms with van der Waals surface area (Å²) in [6.45, 7) is 4.14. The van der Waals surface area contributed by atoms with Crippen molar-refractivity contribution in [2.24, 2.45) is 5.92 Å². The summed E-state index contributed by atoms with van der Waals surface area (Å²) in [5, 5.41) is 1.19. The molecule has 0 radical (unpaired) electrons. The van der Waals surface area contributed by atoms with Crippen molar-refractivity contribution in [2.75, 3.05) is 33.4 Å². The molecule has 1 aromatic heterocycles. The van der Waals surface area contributed by atoms with Crippen LogP contribution in [0.3, 0.4) is 0 Å². The number of methoxy groups -OCH3 is 1. The molecule has 2 amide bonds. The van der Waals surface area contributed by atoms with Gasteiger partial charge >= 0.3 is 0 Å². The van der Waals surface area contributed by atoms with Gasteiger partial charge in [0, 0.05) is 49.8 Å². The third-order valence-electron chi connectivity index (χ3n) is 7.08. The fraction of sp³-hybridized carbons (Fsp3) is 0.448. The standard InChI is InChI=1S/C29H37N3O3/c1-22-11-13-23(14-12-22)20-31(16-15-25-19-30-27-10-6-5-9-26(25)27)28(33)21-32(17-18-35-2)29(34)24-7-3-4-8-24/h5-6,9-14,19,24,30H,3-4,7-8,15-18,20-21H2,1-2H3. The predicted molar refractivity (Wildman–Crippen MR) is 139 cm³/mol. The topological polar surface area (TPSA) is 65.6 Å². The lowest BCUT2D eigenvalue weighted by atomic mass is 10.1. The van der Waals surface area contributed by atoms with Gasteiger partial charge in [-0.3, -0.25) is 9.59 Å². The van der Waals surface area contributed by atoms with Crippen molar-refractivity contribution in [3.8, 4) is 0 Å². The summed E-state index contributed by atoms with van der Waals surface area (Å²) in [5.41, 5.74) is 4.58. The Morgan fingerprint density at radius 2 is 1.74 bits per heavy atom. The molecule has 35 heavy (non-hydrogen) atoms. The van der Waals surface area contributed by atoms with E-state index in [9.17, 15) is 9.59 Å². The van der Waals surface area contributed by atoms with Crippen LogP contribution in [0.25, 0.3) is 10.9 Å². The Hall–Kier alpha value is -3.12. The van der Waals surface area contributed by atoms with Crippen molar-refractivity contribution in [1.29, 1.82) is 0 Å². The molecule has 1 heterocycles. The van der Waals surface area contributed by atoms with Crippen LogP contribution in [-0.4, -0.2) is 59.9 Å². The smallest absolute Gasteiger partial charge is 0.242 e. The molecule has 1 saturated carbocycles. The van der Waals surface area contributed by atoms with E-state index >= 15 is 0 Å². The molecular formula is C29H37N3O3. The Bertz CT molecular complexity index is 1120. The highest BCUT2D eigenvalue weighted by molar-refractivity contribution is 5.86. The van der Waals surface area contributed by atoms with Crippen LogP contribution in [-0.2, 0) is 27.3 Å². The zero-order valence-electron chi connectivity index (χ0n) is 21.0. The number of fused-ring (bicyclic) bond motifs is 1. The summed E-state index contributed by atoms with van der Waals surface area (Å²) in [7, 11) is 1.63. The normalized spacial score (nSPS) is 13.9. The number of rotatable bonds is 11. The van der Waals surface area contributed by atoms with Crippen molar-refractivity contribution in [2.45, 2.75) is 45.6 Å². The minimum absolute atomic E-state index is 0.0205. The SMILES string of the molecule is COCCN(CC(=O)N(CCc1c[nH]c2ccccc12)Cc1ccc(C)cc1)C(=O)C1CCCC1. The van der Waals surface area contributed by atoms with E-state index in [1.807, 2.05) is 23.2 Å². The third kappa shape index (κ3) is 6.51. The van der Waals surface area contributed by atoms with Gasteiger partial charge in [0.05, 0.1) is 13.2 Å². The molecule has 0 atom stereocenters. The Kier molecular flexibility index (Phi) is 8.59. The van der Waals surface area contributed by atoms with Gasteiger partial charge in [-0.05, 0) is 43.4 Å². The second-order valence-electron chi connectivity index (χ2n) is 9.64. The summed E-state index contributed by atoms with van der Waals surface area (Å²) in [4.78, 5) is 33.7. The molecule has 0 aliphatic heterocycles. The lowest BCUT2D eigenvalue weighted by Gasteiger charge is -2.29. The number of ether oxygens (including phenoxy) is 1. The van der Waals surface area contributed by atoms with Gasteiger partial charge in [0.1, 0.15) is 0 Å². The van der Waals surface area contributed by atoms with Gasteiger partial charge in [0.15, 0.2) is 0 Å². The molecule has 186 valence electrons. The highest BCUT2D eigenvalue weighted by atomic mass is 16.5. The average molecular weight is 476 g/mol. The van der Waals surface area contributed by atoms with Gasteiger partial charge in [-0.15, -0.1) is 0 Å². The first-order chi connectivity index (χ1) is 17.0. The Balaban J connectivity index is 1.50. The summed E-state index contributed by atoms with van der Waals surface area (Å²) in [6.07, 6.45) is 6.80. The van der Waals surface area contributed by atoms with Crippen molar-refractivity contribution in [1.82, 2.24) is 14.8 Å². The fourth-order valence-corrected chi connectivity index (χ4v) is 4.96. The van der Waals surface area contributed by atoms with E-state index in [0.29, 0.717) is 26.2 Å². The van der Waals surface area contributed by atoms with E-state index in [2.05, 4.69) is 48.3 Å². The van der Waals surface area contributed by atoms with Gasteiger partial charge < -0.3 is 19.5 Å². The van der Waals surface area contributed by atoms with Crippen LogP contribution < -0.4 is 0 Å². The van der Waals surface area contributed by atoms with Crippen LogP contribution in [0.15, 0.2) is 54.7 Å². The van der Waals surface area contributed by atoms with Crippen molar-refractivity contribution < 1.29 is 14.3 Å². The Morgan fingerprint density at radius 3 is 2.49 bits per heavy atom. The van der Waals surface area contributed by atoms with E-state index in [4.69, 9.17) is 4.74 Å². The third-order valence-corrected chi connectivity index (χ3v) is 7.08. The number of nitrogens with zero attached hydrogens (tertiary/aromatic N) is 2. The van der Waals surface area contributed by atoms with Gasteiger partial charge in [-0.2, -0.15) is 0 Å². The predicted octanol–water partition coefficient (Wildman–Crippen LogP) is 4.71. The van der Waals surface area contributed by atoms with Crippen LogP contribution in [0.1, 0.15) is 42.4 Å². The first kappa shape index (κ1) is 25.0. The maximum absolute atomic E-state index is 13.6. The molecule has 0 spiro atoms. The summed E-state index contributed by atoms with van der Waals surface area (Å²) in [5.74, 6) is 0.115. The second-order valence-corrected chi connectivity index (χ2v) is 9.64. The monoisotopic (exact) mass is 475 g/mol. The first-order valence-electron chi connectivity index (χ1n) is 12.7. The molecule has 1 aliphatic carbocycles. The van der Waals surface area contributed by atoms with Gasteiger partial charge in [-0.1, -0.05) is 60.9 Å². The lowest BCUT2D eigenvalue weighted by molar-refractivity contribution is -0.143. The van der Waals surface area contributed by atoms with Crippen molar-refractivity contribution in [3.63, 3.8) is 0 Å². The molecule has 1 N–H and O–H groups in total. The minimum atomic E-state index is -0.0205. The number of aromatic nitrogens is 1. The quantitative estimate of drug-likeness (QED) is 0.437. The number of aryl methyl sites for hydroxylation is 1. The maximum atomic E-state index is 13.6. The van der Waals surface area contributed by atoms with E-state index in [0.717, 1.165) is 43.2 Å². The summed E-state index contributed by atoms with van der Waals surface area (Å²) < 4.78 is 5.25. The number of hydrogen-bond acceptors (Lipinski definition) is 3. The highest BCUT2D eigenvalue weighted by Crippen LogP contribution is 2.26. The van der Waals surface area contributed by atoms with Crippen LogP contribution in [0, 0.1) is 12.8 Å². The zero-order chi connectivity index (χ0) is 24.6. The number of amides is 2. The second kappa shape index (κ2) is 12.0. The largest absolute Gasteiger partial charge is 0.383 e. The molecule has 6 heteroatoms. The van der Waals surface area contributed by atoms with E-state index < -0.39 is 0 Å². The molecule has 1 fully saturated rings. The highest BCUT2D eigenvalue weighted by Gasteiger charge is 2.29. The number of nitrogens with one attached hydrogen (secondary N) is 1. The van der Waals surface area contributed by atoms with Gasteiger partial charge in [0.2, 0.25) is 11.8 Å². The van der Waals surface area contributed by atoms with Crippen LogP contribution in [0.4, 0.5) is 0 Å². The fourth-order valence-electron chi connectivity index (χ4n) is 4.96. The van der Waals surface area contributed by atoms with Gasteiger partial charge in [0.25, 0.3) is 0 Å². The molecule has 0 saturated heterocycles. The number of aromatic amines is 1. The Morgan fingerprint density at radius 1 is 1.00 bits per heavy atom. The van der Waals surface area contributed by atoms with Crippen molar-refractivity contribution >= 4 is 22.7 Å². The van der Waals surface area contributed by atoms with Crippen LogP contribution >= 0.6 is 0 Å².